The van der Waals surface area contributed by atoms with E-state index in [0.29, 0.717) is 0 Å². The zero-order valence-electron chi connectivity index (χ0n) is 10.2. The van der Waals surface area contributed by atoms with E-state index in [9.17, 15) is 4.79 Å². The molecule has 0 radical (unpaired) electrons. The highest BCUT2D eigenvalue weighted by Gasteiger charge is 2.19. The number of thiophene rings is 1. The molecule has 3 heteroatoms. The molecular formula is C14H15NOS. The van der Waals surface area contributed by atoms with Gasteiger partial charge in [0.2, 0.25) is 0 Å². The van der Waals surface area contributed by atoms with Gasteiger partial charge in [-0.25, -0.2) is 0 Å². The molecule has 0 saturated carbocycles. The first-order valence-electron chi connectivity index (χ1n) is 5.60. The minimum atomic E-state index is -0.101. The fourth-order valence-electron chi connectivity index (χ4n) is 1.71. The normalized spacial score (nSPS) is 12.4. The van der Waals surface area contributed by atoms with Gasteiger partial charge >= 0.3 is 0 Å². The van der Waals surface area contributed by atoms with Crippen LogP contribution < -0.4 is 0 Å². The maximum Gasteiger partial charge on any atom is 0.179 e. The summed E-state index contributed by atoms with van der Waals surface area (Å²) < 4.78 is 0. The molecule has 88 valence electrons. The van der Waals surface area contributed by atoms with Crippen LogP contribution in [-0.4, -0.2) is 10.8 Å². The van der Waals surface area contributed by atoms with Crippen LogP contribution in [0.5, 0.6) is 0 Å². The highest BCUT2D eigenvalue weighted by atomic mass is 32.1. The minimum absolute atomic E-state index is 0.101. The monoisotopic (exact) mass is 245 g/mol. The average Bonchev–Trinajstić information content (AvgIpc) is 2.69. The SMILES string of the molecule is Cc1cc(C(=O)C(C)c2ccncc2)sc1C. The number of carbonyl (C=O) groups is 1. The lowest BCUT2D eigenvalue weighted by molar-refractivity contribution is 0.0970. The van der Waals surface area contributed by atoms with Gasteiger partial charge in [0.05, 0.1) is 4.88 Å². The molecule has 2 rings (SSSR count). The number of ketones is 1. The fourth-order valence-corrected chi connectivity index (χ4v) is 2.77. The van der Waals surface area contributed by atoms with Gasteiger partial charge in [0, 0.05) is 23.2 Å². The van der Waals surface area contributed by atoms with Crippen LogP contribution in [0, 0.1) is 13.8 Å². The van der Waals surface area contributed by atoms with Gasteiger partial charge in [-0.15, -0.1) is 11.3 Å². The van der Waals surface area contributed by atoms with E-state index in [1.54, 1.807) is 23.7 Å². The van der Waals surface area contributed by atoms with Crippen LogP contribution in [0.4, 0.5) is 0 Å². The van der Waals surface area contributed by atoms with Crippen molar-refractivity contribution in [3.8, 4) is 0 Å². The molecule has 0 fully saturated rings. The smallest absolute Gasteiger partial charge is 0.179 e. The van der Waals surface area contributed by atoms with Crippen molar-refractivity contribution in [2.45, 2.75) is 26.7 Å². The second-order valence-electron chi connectivity index (χ2n) is 4.22. The van der Waals surface area contributed by atoms with Crippen LogP contribution >= 0.6 is 11.3 Å². The summed E-state index contributed by atoms with van der Waals surface area (Å²) in [5, 5.41) is 0. The van der Waals surface area contributed by atoms with E-state index in [0.717, 1.165) is 10.4 Å². The molecule has 2 heterocycles. The Hall–Kier alpha value is -1.48. The van der Waals surface area contributed by atoms with E-state index in [1.807, 2.05) is 39.0 Å². The van der Waals surface area contributed by atoms with Crippen LogP contribution in [-0.2, 0) is 0 Å². The summed E-state index contributed by atoms with van der Waals surface area (Å²) in [7, 11) is 0. The Balaban J connectivity index is 2.26. The molecule has 0 aliphatic carbocycles. The molecule has 0 aliphatic rings. The highest BCUT2D eigenvalue weighted by molar-refractivity contribution is 7.14. The molecule has 2 aromatic rings. The number of nitrogens with zero attached hydrogens (tertiary/aromatic N) is 1. The summed E-state index contributed by atoms with van der Waals surface area (Å²) in [6.45, 7) is 6.04. The van der Waals surface area contributed by atoms with Gasteiger partial charge in [0.1, 0.15) is 0 Å². The third-order valence-corrected chi connectivity index (χ3v) is 4.18. The molecule has 1 unspecified atom stereocenters. The Kier molecular flexibility index (Phi) is 3.38. The van der Waals surface area contributed by atoms with Gasteiger partial charge in [0.15, 0.2) is 5.78 Å². The van der Waals surface area contributed by atoms with Crippen LogP contribution in [0.3, 0.4) is 0 Å². The summed E-state index contributed by atoms with van der Waals surface area (Å²) in [6, 6.07) is 5.78. The topological polar surface area (TPSA) is 30.0 Å². The maximum absolute atomic E-state index is 12.3. The Bertz CT molecular complexity index is 511. The molecular weight excluding hydrogens is 230 g/mol. The zero-order chi connectivity index (χ0) is 12.4. The average molecular weight is 245 g/mol. The number of aromatic nitrogens is 1. The Morgan fingerprint density at radius 2 is 1.94 bits per heavy atom. The van der Waals surface area contributed by atoms with Crippen molar-refractivity contribution in [2.75, 3.05) is 0 Å². The van der Waals surface area contributed by atoms with Crippen LogP contribution in [0.2, 0.25) is 0 Å². The summed E-state index contributed by atoms with van der Waals surface area (Å²) in [6.07, 6.45) is 3.45. The van der Waals surface area contributed by atoms with Crippen LogP contribution in [0.15, 0.2) is 30.6 Å². The van der Waals surface area contributed by atoms with Crippen molar-refractivity contribution < 1.29 is 4.79 Å². The second-order valence-corrected chi connectivity index (χ2v) is 5.47. The summed E-state index contributed by atoms with van der Waals surface area (Å²) in [5.41, 5.74) is 2.22. The summed E-state index contributed by atoms with van der Waals surface area (Å²) in [5.74, 6) is 0.0906. The van der Waals surface area contributed by atoms with Gasteiger partial charge in [-0.05, 0) is 43.2 Å². The van der Waals surface area contributed by atoms with E-state index < -0.39 is 0 Å². The molecule has 2 aromatic heterocycles. The third-order valence-electron chi connectivity index (χ3n) is 3.01. The van der Waals surface area contributed by atoms with Crippen molar-refractivity contribution in [3.63, 3.8) is 0 Å². The minimum Gasteiger partial charge on any atom is -0.293 e. The first kappa shape index (κ1) is 12.0. The number of carbonyl (C=O) groups excluding carboxylic acids is 1. The molecule has 0 bridgehead atoms. The molecule has 1 atom stereocenters. The van der Waals surface area contributed by atoms with Crippen molar-refractivity contribution in [2.24, 2.45) is 0 Å². The molecule has 17 heavy (non-hydrogen) atoms. The van der Waals surface area contributed by atoms with E-state index in [4.69, 9.17) is 0 Å². The molecule has 0 aromatic carbocycles. The summed E-state index contributed by atoms with van der Waals surface area (Å²) >= 11 is 1.58. The van der Waals surface area contributed by atoms with E-state index >= 15 is 0 Å². The molecule has 0 aliphatic heterocycles. The van der Waals surface area contributed by atoms with Gasteiger partial charge in [-0.2, -0.15) is 0 Å². The predicted molar refractivity (Wildman–Crippen MR) is 70.8 cm³/mol. The van der Waals surface area contributed by atoms with Crippen molar-refractivity contribution in [1.29, 1.82) is 0 Å². The number of rotatable bonds is 3. The second kappa shape index (κ2) is 4.80. The van der Waals surface area contributed by atoms with E-state index in [1.165, 1.54) is 10.4 Å². The quantitative estimate of drug-likeness (QED) is 0.771. The largest absolute Gasteiger partial charge is 0.293 e. The van der Waals surface area contributed by atoms with Crippen LogP contribution in [0.1, 0.15) is 38.5 Å². The molecule has 0 saturated heterocycles. The number of hydrogen-bond donors (Lipinski definition) is 0. The standard InChI is InChI=1S/C14H15NOS/c1-9-8-13(17-11(9)3)14(16)10(2)12-4-6-15-7-5-12/h4-8,10H,1-3H3. The molecule has 2 nitrogen and oxygen atoms in total. The molecule has 0 spiro atoms. The number of hydrogen-bond acceptors (Lipinski definition) is 3. The number of pyridine rings is 1. The maximum atomic E-state index is 12.3. The lowest BCUT2D eigenvalue weighted by Crippen LogP contribution is -2.07. The van der Waals surface area contributed by atoms with E-state index in [2.05, 4.69) is 4.98 Å². The third kappa shape index (κ3) is 2.44. The predicted octanol–water partition coefficient (Wildman–Crippen LogP) is 3.75. The Morgan fingerprint density at radius 1 is 1.29 bits per heavy atom. The lowest BCUT2D eigenvalue weighted by atomic mass is 9.97. The van der Waals surface area contributed by atoms with Gasteiger partial charge in [0.25, 0.3) is 0 Å². The molecule has 0 amide bonds. The Morgan fingerprint density at radius 3 is 2.47 bits per heavy atom. The van der Waals surface area contributed by atoms with E-state index in [-0.39, 0.29) is 11.7 Å². The van der Waals surface area contributed by atoms with Crippen molar-refractivity contribution in [3.05, 3.63) is 51.5 Å². The van der Waals surface area contributed by atoms with Gasteiger partial charge < -0.3 is 0 Å². The Labute approximate surface area is 105 Å². The number of Topliss-reactive ketones (excluding diaryl/α,β-unsaturated/α-hetero) is 1. The van der Waals surface area contributed by atoms with Crippen molar-refractivity contribution >= 4 is 17.1 Å². The van der Waals surface area contributed by atoms with Gasteiger partial charge in [-0.1, -0.05) is 6.92 Å². The number of aryl methyl sites for hydroxylation is 2. The fraction of sp³-hybridized carbons (Fsp3) is 0.286. The first-order chi connectivity index (χ1) is 8.09. The highest BCUT2D eigenvalue weighted by Crippen LogP contribution is 2.27. The van der Waals surface area contributed by atoms with Crippen LogP contribution in [0.25, 0.3) is 0 Å². The van der Waals surface area contributed by atoms with Gasteiger partial charge in [-0.3, -0.25) is 9.78 Å². The summed E-state index contributed by atoms with van der Waals surface area (Å²) in [4.78, 5) is 18.3. The zero-order valence-corrected chi connectivity index (χ0v) is 11.0. The lowest BCUT2D eigenvalue weighted by Gasteiger charge is -2.08. The molecule has 0 N–H and O–H groups in total. The first-order valence-corrected chi connectivity index (χ1v) is 6.42. The van der Waals surface area contributed by atoms with Crippen molar-refractivity contribution in [1.82, 2.24) is 4.98 Å².